The monoisotopic (exact) mass is 251 g/mol. The number of carbonyl (C=O) groups excluding carboxylic acids is 1. The summed E-state index contributed by atoms with van der Waals surface area (Å²) < 4.78 is 5.37. The molecule has 1 aliphatic heterocycles. The van der Waals surface area contributed by atoms with Crippen molar-refractivity contribution in [2.75, 3.05) is 13.1 Å². The maximum atomic E-state index is 11.9. The molecule has 1 aromatic rings. The molecule has 0 saturated carbocycles. The van der Waals surface area contributed by atoms with Gasteiger partial charge in [0.2, 0.25) is 0 Å². The van der Waals surface area contributed by atoms with Crippen LogP contribution < -0.4 is 0 Å². The molecule has 18 heavy (non-hydrogen) atoms. The van der Waals surface area contributed by atoms with Gasteiger partial charge in [-0.05, 0) is 45.1 Å². The van der Waals surface area contributed by atoms with Crippen LogP contribution in [-0.2, 0) is 11.2 Å². The zero-order chi connectivity index (χ0) is 13.2. The van der Waals surface area contributed by atoms with Crippen LogP contribution in [0.2, 0.25) is 0 Å². The van der Waals surface area contributed by atoms with Crippen molar-refractivity contribution in [3.63, 3.8) is 0 Å². The van der Waals surface area contributed by atoms with Gasteiger partial charge in [0, 0.05) is 19.3 Å². The maximum Gasteiger partial charge on any atom is 0.410 e. The molecular weight excluding hydrogens is 230 g/mol. The normalized spacial score (nSPS) is 20.2. The highest BCUT2D eigenvalue weighted by Crippen LogP contribution is 2.22. The zero-order valence-electron chi connectivity index (χ0n) is 11.3. The summed E-state index contributed by atoms with van der Waals surface area (Å²) in [5.41, 5.74) is 0.783. The minimum absolute atomic E-state index is 0.197. The Morgan fingerprint density at radius 1 is 1.61 bits per heavy atom. The fourth-order valence-electron chi connectivity index (χ4n) is 2.21. The molecule has 0 aliphatic carbocycles. The lowest BCUT2D eigenvalue weighted by Crippen LogP contribution is -2.35. The molecule has 1 unspecified atom stereocenters. The fraction of sp³-hybridized carbons (Fsp3) is 0.692. The van der Waals surface area contributed by atoms with Gasteiger partial charge in [-0.1, -0.05) is 0 Å². The summed E-state index contributed by atoms with van der Waals surface area (Å²) in [6, 6.07) is 0. The maximum absolute atomic E-state index is 11.9. The summed E-state index contributed by atoms with van der Waals surface area (Å²) in [6.07, 6.45) is 5.56. The molecule has 1 amide bonds. The van der Waals surface area contributed by atoms with Gasteiger partial charge in [-0.15, -0.1) is 0 Å². The standard InChI is InChI=1S/C13H21N3O2/c1-13(2,3)18-12(17)16-5-4-10(9-16)6-11-7-14-15-8-11/h7-8,10H,4-6,9H2,1-3H3,(H,14,15). The number of hydrogen-bond donors (Lipinski definition) is 1. The van der Waals surface area contributed by atoms with E-state index < -0.39 is 5.60 Å². The molecular formula is C13H21N3O2. The SMILES string of the molecule is CC(C)(C)OC(=O)N1CCC(Cc2cn[nH]c2)C1. The van der Waals surface area contributed by atoms with E-state index in [0.717, 1.165) is 25.9 Å². The number of hydrogen-bond acceptors (Lipinski definition) is 3. The number of carbonyl (C=O) groups is 1. The van der Waals surface area contributed by atoms with Crippen LogP contribution in [0.25, 0.3) is 0 Å². The van der Waals surface area contributed by atoms with Crippen molar-refractivity contribution < 1.29 is 9.53 Å². The van der Waals surface area contributed by atoms with E-state index in [1.807, 2.05) is 33.2 Å². The second-order valence-electron chi connectivity index (χ2n) is 5.89. The summed E-state index contributed by atoms with van der Waals surface area (Å²) in [6.45, 7) is 7.25. The van der Waals surface area contributed by atoms with E-state index in [9.17, 15) is 4.79 Å². The number of rotatable bonds is 2. The number of amides is 1. The number of ether oxygens (including phenoxy) is 1. The van der Waals surface area contributed by atoms with Gasteiger partial charge in [-0.25, -0.2) is 4.79 Å². The van der Waals surface area contributed by atoms with E-state index >= 15 is 0 Å². The Kier molecular flexibility index (Phi) is 3.59. The largest absolute Gasteiger partial charge is 0.444 e. The number of aromatic nitrogens is 2. The second-order valence-corrected chi connectivity index (χ2v) is 5.89. The van der Waals surface area contributed by atoms with Crippen molar-refractivity contribution >= 4 is 6.09 Å². The van der Waals surface area contributed by atoms with E-state index in [4.69, 9.17) is 4.74 Å². The molecule has 1 N–H and O–H groups in total. The quantitative estimate of drug-likeness (QED) is 0.876. The first-order valence-corrected chi connectivity index (χ1v) is 6.39. The predicted octanol–water partition coefficient (Wildman–Crippen LogP) is 2.21. The highest BCUT2D eigenvalue weighted by Gasteiger charge is 2.29. The molecule has 1 aromatic heterocycles. The molecule has 0 radical (unpaired) electrons. The minimum atomic E-state index is -0.417. The molecule has 0 bridgehead atoms. The van der Waals surface area contributed by atoms with Crippen molar-refractivity contribution in [1.29, 1.82) is 0 Å². The lowest BCUT2D eigenvalue weighted by atomic mass is 10.0. The average molecular weight is 251 g/mol. The second kappa shape index (κ2) is 5.00. The average Bonchev–Trinajstić information content (AvgIpc) is 2.86. The molecule has 0 aromatic carbocycles. The number of nitrogens with zero attached hydrogens (tertiary/aromatic N) is 2. The molecule has 2 rings (SSSR count). The molecule has 100 valence electrons. The van der Waals surface area contributed by atoms with Crippen LogP contribution in [0, 0.1) is 5.92 Å². The van der Waals surface area contributed by atoms with Gasteiger partial charge in [0.15, 0.2) is 0 Å². The number of likely N-dealkylation sites (tertiary alicyclic amines) is 1. The van der Waals surface area contributed by atoms with Crippen LogP contribution >= 0.6 is 0 Å². The van der Waals surface area contributed by atoms with Crippen molar-refractivity contribution in [2.24, 2.45) is 5.92 Å². The molecule has 1 atom stereocenters. The van der Waals surface area contributed by atoms with E-state index in [2.05, 4.69) is 10.2 Å². The summed E-state index contributed by atoms with van der Waals surface area (Å²) in [4.78, 5) is 13.7. The van der Waals surface area contributed by atoms with Gasteiger partial charge < -0.3 is 9.64 Å². The smallest absolute Gasteiger partial charge is 0.410 e. The molecule has 2 heterocycles. The van der Waals surface area contributed by atoms with Crippen LogP contribution in [-0.4, -0.2) is 39.9 Å². The Labute approximate surface area is 108 Å². The molecule has 1 fully saturated rings. The van der Waals surface area contributed by atoms with Crippen LogP contribution in [0.1, 0.15) is 32.8 Å². The topological polar surface area (TPSA) is 58.2 Å². The van der Waals surface area contributed by atoms with Gasteiger partial charge >= 0.3 is 6.09 Å². The van der Waals surface area contributed by atoms with E-state index in [1.165, 1.54) is 5.56 Å². The number of H-pyrrole nitrogens is 1. The first-order valence-electron chi connectivity index (χ1n) is 6.39. The minimum Gasteiger partial charge on any atom is -0.444 e. The Balaban J connectivity index is 1.83. The third-order valence-corrected chi connectivity index (χ3v) is 3.02. The summed E-state index contributed by atoms with van der Waals surface area (Å²) >= 11 is 0. The number of nitrogens with one attached hydrogen (secondary N) is 1. The lowest BCUT2D eigenvalue weighted by Gasteiger charge is -2.24. The zero-order valence-corrected chi connectivity index (χ0v) is 11.3. The third kappa shape index (κ3) is 3.48. The van der Waals surface area contributed by atoms with Gasteiger partial charge in [-0.2, -0.15) is 5.10 Å². The summed E-state index contributed by atoms with van der Waals surface area (Å²) in [5, 5.41) is 6.75. The van der Waals surface area contributed by atoms with Crippen LogP contribution in [0.5, 0.6) is 0 Å². The molecule has 0 spiro atoms. The Morgan fingerprint density at radius 3 is 3.00 bits per heavy atom. The first kappa shape index (κ1) is 12.9. The summed E-state index contributed by atoms with van der Waals surface area (Å²) in [5.74, 6) is 0.509. The Morgan fingerprint density at radius 2 is 2.39 bits per heavy atom. The van der Waals surface area contributed by atoms with Crippen molar-refractivity contribution in [3.05, 3.63) is 18.0 Å². The van der Waals surface area contributed by atoms with Gasteiger partial charge in [0.1, 0.15) is 5.60 Å². The van der Waals surface area contributed by atoms with E-state index in [1.54, 1.807) is 4.90 Å². The van der Waals surface area contributed by atoms with Gasteiger partial charge in [0.25, 0.3) is 0 Å². The van der Waals surface area contributed by atoms with Crippen molar-refractivity contribution in [3.8, 4) is 0 Å². The Bertz CT molecular complexity index is 395. The van der Waals surface area contributed by atoms with Gasteiger partial charge in [-0.3, -0.25) is 5.10 Å². The van der Waals surface area contributed by atoms with E-state index in [-0.39, 0.29) is 6.09 Å². The highest BCUT2D eigenvalue weighted by atomic mass is 16.6. The van der Waals surface area contributed by atoms with E-state index in [0.29, 0.717) is 5.92 Å². The molecule has 1 aliphatic rings. The fourth-order valence-corrected chi connectivity index (χ4v) is 2.21. The highest BCUT2D eigenvalue weighted by molar-refractivity contribution is 5.68. The predicted molar refractivity (Wildman–Crippen MR) is 68.2 cm³/mol. The molecule has 5 heteroatoms. The first-order chi connectivity index (χ1) is 8.44. The molecule has 5 nitrogen and oxygen atoms in total. The van der Waals surface area contributed by atoms with Crippen LogP contribution in [0.15, 0.2) is 12.4 Å². The van der Waals surface area contributed by atoms with Crippen LogP contribution in [0.4, 0.5) is 4.79 Å². The molecule has 1 saturated heterocycles. The van der Waals surface area contributed by atoms with Crippen molar-refractivity contribution in [1.82, 2.24) is 15.1 Å². The summed E-state index contributed by atoms with van der Waals surface area (Å²) in [7, 11) is 0. The van der Waals surface area contributed by atoms with Crippen LogP contribution in [0.3, 0.4) is 0 Å². The van der Waals surface area contributed by atoms with Crippen molar-refractivity contribution in [2.45, 2.75) is 39.2 Å². The van der Waals surface area contributed by atoms with Gasteiger partial charge in [0.05, 0.1) is 6.20 Å². The number of aromatic amines is 1. The third-order valence-electron chi connectivity index (χ3n) is 3.02. The Hall–Kier alpha value is -1.52. The lowest BCUT2D eigenvalue weighted by molar-refractivity contribution is 0.0288.